The summed E-state index contributed by atoms with van der Waals surface area (Å²) < 4.78 is 6.10. The number of carbonyl (C=O) groups excluding carboxylic acids is 1. The number of hydrogen-bond donors (Lipinski definition) is 1. The van der Waals surface area contributed by atoms with Gasteiger partial charge in [-0.3, -0.25) is 9.59 Å². The number of amides is 1. The number of nitrogens with zero attached hydrogens (tertiary/aromatic N) is 1. The molecule has 0 saturated carbocycles. The first-order valence-corrected chi connectivity index (χ1v) is 8.08. The molecule has 5 nitrogen and oxygen atoms in total. The number of rotatable bonds is 4. The summed E-state index contributed by atoms with van der Waals surface area (Å²) in [4.78, 5) is 26.7. The number of carboxylic acids is 1. The first kappa shape index (κ1) is 15.1. The quantitative estimate of drug-likeness (QED) is 0.863. The molecule has 0 aliphatic carbocycles. The van der Waals surface area contributed by atoms with Gasteiger partial charge in [-0.25, -0.2) is 0 Å². The first-order chi connectivity index (χ1) is 11.5. The highest BCUT2D eigenvalue weighted by molar-refractivity contribution is 6.03. The Morgan fingerprint density at radius 2 is 2.08 bits per heavy atom. The van der Waals surface area contributed by atoms with E-state index in [0.29, 0.717) is 6.42 Å². The van der Waals surface area contributed by atoms with Crippen molar-refractivity contribution in [3.05, 3.63) is 54.6 Å². The second kappa shape index (κ2) is 5.05. The summed E-state index contributed by atoms with van der Waals surface area (Å²) >= 11 is 0. The molecule has 2 bridgehead atoms. The molecular formula is C19H19NO4. The summed E-state index contributed by atoms with van der Waals surface area (Å²) in [6.45, 7) is 5.90. The lowest BCUT2D eigenvalue weighted by Gasteiger charge is -2.33. The Bertz CT molecular complexity index is 756. The van der Waals surface area contributed by atoms with Gasteiger partial charge in [-0.05, 0) is 25.5 Å². The summed E-state index contributed by atoms with van der Waals surface area (Å²) in [5.74, 6) is -2.67. The fourth-order valence-electron chi connectivity index (χ4n) is 4.41. The van der Waals surface area contributed by atoms with Crippen LogP contribution in [0.25, 0.3) is 0 Å². The minimum Gasteiger partial charge on any atom is -0.481 e. The van der Waals surface area contributed by atoms with Gasteiger partial charge in [0.2, 0.25) is 5.91 Å². The average Bonchev–Trinajstić information content (AvgIpc) is 3.17. The maximum Gasteiger partial charge on any atom is 0.310 e. The average molecular weight is 325 g/mol. The molecule has 0 radical (unpaired) electrons. The molecule has 2 fully saturated rings. The van der Waals surface area contributed by atoms with Crippen molar-refractivity contribution in [3.63, 3.8) is 0 Å². The molecule has 124 valence electrons. The summed E-state index contributed by atoms with van der Waals surface area (Å²) in [7, 11) is 0. The van der Waals surface area contributed by atoms with Crippen molar-refractivity contribution in [2.45, 2.75) is 31.1 Å². The number of benzene rings is 1. The Labute approximate surface area is 140 Å². The van der Waals surface area contributed by atoms with E-state index in [-0.39, 0.29) is 11.9 Å². The van der Waals surface area contributed by atoms with E-state index in [1.165, 1.54) is 0 Å². The van der Waals surface area contributed by atoms with Crippen LogP contribution in [0.15, 0.2) is 54.6 Å². The SMILES string of the molecule is C=C(C)C[C@@H]1N(c2ccccc2)C(=O)[C@@H]2[C@H](C(=O)O)[C@H]3C=C[C@]21O3. The molecule has 5 heteroatoms. The second-order valence-corrected chi connectivity index (χ2v) is 6.86. The van der Waals surface area contributed by atoms with E-state index in [1.807, 2.05) is 43.3 Å². The normalized spacial score (nSPS) is 36.2. The van der Waals surface area contributed by atoms with Gasteiger partial charge in [0.15, 0.2) is 0 Å². The highest BCUT2D eigenvalue weighted by Crippen LogP contribution is 2.56. The summed E-state index contributed by atoms with van der Waals surface area (Å²) in [6.07, 6.45) is 3.74. The van der Waals surface area contributed by atoms with Gasteiger partial charge >= 0.3 is 5.97 Å². The van der Waals surface area contributed by atoms with Crippen LogP contribution >= 0.6 is 0 Å². The van der Waals surface area contributed by atoms with Crippen LogP contribution in [0, 0.1) is 11.8 Å². The van der Waals surface area contributed by atoms with Gasteiger partial charge in [-0.15, -0.1) is 6.58 Å². The number of carboxylic acid groups (broad SMARTS) is 1. The smallest absolute Gasteiger partial charge is 0.310 e. The Balaban J connectivity index is 1.85. The third kappa shape index (κ3) is 1.85. The van der Waals surface area contributed by atoms with Crippen LogP contribution in [0.5, 0.6) is 0 Å². The molecule has 1 N–H and O–H groups in total. The molecule has 0 aromatic heterocycles. The Morgan fingerprint density at radius 1 is 1.38 bits per heavy atom. The number of para-hydroxylation sites is 1. The third-order valence-electron chi connectivity index (χ3n) is 5.28. The molecule has 3 heterocycles. The highest BCUT2D eigenvalue weighted by atomic mass is 16.5. The van der Waals surface area contributed by atoms with Gasteiger partial charge in [0.1, 0.15) is 11.5 Å². The van der Waals surface area contributed by atoms with E-state index in [1.54, 1.807) is 11.0 Å². The fourth-order valence-corrected chi connectivity index (χ4v) is 4.41. The predicted molar refractivity (Wildman–Crippen MR) is 88.5 cm³/mol. The topological polar surface area (TPSA) is 66.8 Å². The maximum atomic E-state index is 13.2. The van der Waals surface area contributed by atoms with Crippen LogP contribution in [0.2, 0.25) is 0 Å². The lowest BCUT2D eigenvalue weighted by molar-refractivity contribution is -0.146. The molecule has 4 rings (SSSR count). The van der Waals surface area contributed by atoms with Crippen LogP contribution in [0.4, 0.5) is 5.69 Å². The molecule has 1 amide bonds. The molecule has 1 spiro atoms. The molecule has 1 aromatic carbocycles. The molecule has 24 heavy (non-hydrogen) atoms. The fraction of sp³-hybridized carbons (Fsp3) is 0.368. The number of anilines is 1. The van der Waals surface area contributed by atoms with Gasteiger partial charge in [0, 0.05) is 5.69 Å². The molecule has 0 unspecified atom stereocenters. The van der Waals surface area contributed by atoms with E-state index in [2.05, 4.69) is 6.58 Å². The summed E-state index contributed by atoms with van der Waals surface area (Å²) in [6, 6.07) is 9.09. The lowest BCUT2D eigenvalue weighted by Crippen LogP contribution is -2.45. The molecule has 1 aromatic rings. The Kier molecular flexibility index (Phi) is 3.18. The van der Waals surface area contributed by atoms with E-state index in [4.69, 9.17) is 4.74 Å². The maximum absolute atomic E-state index is 13.2. The predicted octanol–water partition coefficient (Wildman–Crippen LogP) is 2.39. The molecule has 3 aliphatic rings. The van der Waals surface area contributed by atoms with Crippen LogP contribution in [0.1, 0.15) is 13.3 Å². The van der Waals surface area contributed by atoms with E-state index in [9.17, 15) is 14.7 Å². The first-order valence-electron chi connectivity index (χ1n) is 8.08. The van der Waals surface area contributed by atoms with Crippen LogP contribution < -0.4 is 4.90 Å². The van der Waals surface area contributed by atoms with Gasteiger partial charge < -0.3 is 14.7 Å². The van der Waals surface area contributed by atoms with Crippen molar-refractivity contribution < 1.29 is 19.4 Å². The lowest BCUT2D eigenvalue weighted by atomic mass is 9.74. The van der Waals surface area contributed by atoms with Crippen molar-refractivity contribution >= 4 is 17.6 Å². The van der Waals surface area contributed by atoms with Crippen LogP contribution in [-0.4, -0.2) is 34.7 Å². The van der Waals surface area contributed by atoms with Gasteiger partial charge in [-0.1, -0.05) is 35.9 Å². The number of hydrogen-bond acceptors (Lipinski definition) is 3. The Morgan fingerprint density at radius 3 is 2.71 bits per heavy atom. The molecular weight excluding hydrogens is 306 g/mol. The van der Waals surface area contributed by atoms with E-state index < -0.39 is 29.5 Å². The monoisotopic (exact) mass is 325 g/mol. The summed E-state index contributed by atoms with van der Waals surface area (Å²) in [5.41, 5.74) is 0.824. The Hall–Kier alpha value is -2.40. The van der Waals surface area contributed by atoms with Gasteiger partial charge in [-0.2, -0.15) is 0 Å². The van der Waals surface area contributed by atoms with E-state index in [0.717, 1.165) is 11.3 Å². The standard InChI is InChI=1S/C19H19NO4/c1-11(2)10-14-19-9-8-13(24-19)15(18(22)23)16(19)17(21)20(14)12-6-4-3-5-7-12/h3-9,13-16H,1,10H2,2H3,(H,22,23)/t13-,14+,15-,16+,19-/m1/s1. The minimum absolute atomic E-state index is 0.174. The van der Waals surface area contributed by atoms with Crippen LogP contribution in [-0.2, 0) is 14.3 Å². The summed E-state index contributed by atoms with van der Waals surface area (Å²) in [5, 5.41) is 9.62. The van der Waals surface area contributed by atoms with Crippen molar-refractivity contribution in [2.24, 2.45) is 11.8 Å². The zero-order valence-electron chi connectivity index (χ0n) is 13.4. The largest absolute Gasteiger partial charge is 0.481 e. The van der Waals surface area contributed by atoms with Gasteiger partial charge in [0.05, 0.1) is 18.1 Å². The van der Waals surface area contributed by atoms with E-state index >= 15 is 0 Å². The van der Waals surface area contributed by atoms with Crippen molar-refractivity contribution in [3.8, 4) is 0 Å². The zero-order valence-corrected chi connectivity index (χ0v) is 13.4. The van der Waals surface area contributed by atoms with Crippen molar-refractivity contribution in [1.82, 2.24) is 0 Å². The van der Waals surface area contributed by atoms with Gasteiger partial charge in [0.25, 0.3) is 0 Å². The zero-order chi connectivity index (χ0) is 17.1. The number of ether oxygens (including phenoxy) is 1. The van der Waals surface area contributed by atoms with Crippen LogP contribution in [0.3, 0.4) is 0 Å². The molecule has 3 aliphatic heterocycles. The highest BCUT2D eigenvalue weighted by Gasteiger charge is 2.71. The number of fused-ring (bicyclic) bond motifs is 1. The van der Waals surface area contributed by atoms with Crippen molar-refractivity contribution in [2.75, 3.05) is 4.90 Å². The minimum atomic E-state index is -0.978. The number of aliphatic carboxylic acids is 1. The number of carbonyl (C=O) groups is 2. The second-order valence-electron chi connectivity index (χ2n) is 6.86. The molecule has 5 atom stereocenters. The third-order valence-corrected chi connectivity index (χ3v) is 5.28. The van der Waals surface area contributed by atoms with Crippen molar-refractivity contribution in [1.29, 1.82) is 0 Å². The molecule has 2 saturated heterocycles.